The maximum absolute atomic E-state index is 8.93. The Kier molecular flexibility index (Phi) is 4.79. The highest BCUT2D eigenvalue weighted by atomic mass is 16.5. The van der Waals surface area contributed by atoms with Gasteiger partial charge in [0, 0.05) is 0 Å². The minimum Gasteiger partial charge on any atom is -0.494 e. The topological polar surface area (TPSA) is 29.5 Å². The lowest BCUT2D eigenvalue weighted by Crippen LogP contribution is -1.99. The molecule has 94 valence electrons. The second-order valence-corrected chi connectivity index (χ2v) is 4.24. The molecule has 2 rings (SSSR count). The van der Waals surface area contributed by atoms with E-state index in [1.54, 1.807) is 0 Å². The molecule has 2 heteroatoms. The molecule has 2 aromatic rings. The lowest BCUT2D eigenvalue weighted by molar-refractivity contribution is 0.281. The van der Waals surface area contributed by atoms with Gasteiger partial charge in [-0.3, -0.25) is 0 Å². The first-order valence-electron chi connectivity index (χ1n) is 6.25. The predicted molar refractivity (Wildman–Crippen MR) is 72.6 cm³/mol. The van der Waals surface area contributed by atoms with Gasteiger partial charge in [-0.05, 0) is 36.1 Å². The quantitative estimate of drug-likeness (QED) is 0.788. The Morgan fingerprint density at radius 2 is 1.56 bits per heavy atom. The van der Waals surface area contributed by atoms with Crippen molar-refractivity contribution in [3.05, 3.63) is 65.7 Å². The van der Waals surface area contributed by atoms with Crippen molar-refractivity contribution in [3.8, 4) is 5.75 Å². The second-order valence-electron chi connectivity index (χ2n) is 4.24. The average molecular weight is 242 g/mol. The van der Waals surface area contributed by atoms with Crippen molar-refractivity contribution in [2.24, 2.45) is 0 Å². The van der Waals surface area contributed by atoms with Crippen molar-refractivity contribution in [1.82, 2.24) is 0 Å². The van der Waals surface area contributed by atoms with Crippen LogP contribution in [-0.4, -0.2) is 11.7 Å². The Balaban J connectivity index is 1.72. The Bertz CT molecular complexity index is 448. The van der Waals surface area contributed by atoms with Gasteiger partial charge in [-0.15, -0.1) is 0 Å². The average Bonchev–Trinajstić information content (AvgIpc) is 2.45. The van der Waals surface area contributed by atoms with Gasteiger partial charge in [0.15, 0.2) is 0 Å². The third kappa shape index (κ3) is 3.90. The fourth-order valence-corrected chi connectivity index (χ4v) is 1.80. The zero-order valence-corrected chi connectivity index (χ0v) is 10.4. The molecule has 0 unspecified atom stereocenters. The van der Waals surface area contributed by atoms with Crippen LogP contribution in [0.3, 0.4) is 0 Å². The molecule has 0 spiro atoms. The van der Waals surface area contributed by atoms with E-state index in [0.29, 0.717) is 6.61 Å². The zero-order chi connectivity index (χ0) is 12.6. The Morgan fingerprint density at radius 1 is 0.833 bits per heavy atom. The number of ether oxygens (including phenoxy) is 1. The summed E-state index contributed by atoms with van der Waals surface area (Å²) in [6.45, 7) is 0.793. The monoisotopic (exact) mass is 242 g/mol. The molecule has 0 saturated heterocycles. The smallest absolute Gasteiger partial charge is 0.119 e. The fourth-order valence-electron chi connectivity index (χ4n) is 1.80. The first kappa shape index (κ1) is 12.7. The lowest BCUT2D eigenvalue weighted by atomic mass is 10.1. The van der Waals surface area contributed by atoms with Gasteiger partial charge in [0.2, 0.25) is 0 Å². The summed E-state index contributed by atoms with van der Waals surface area (Å²) >= 11 is 0. The fraction of sp³-hybridized carbons (Fsp3) is 0.250. The van der Waals surface area contributed by atoms with E-state index in [1.807, 2.05) is 30.3 Å². The third-order valence-electron chi connectivity index (χ3n) is 2.83. The summed E-state index contributed by atoms with van der Waals surface area (Å²) in [5.74, 6) is 0.861. The van der Waals surface area contributed by atoms with Crippen LogP contribution in [0.2, 0.25) is 0 Å². The minimum absolute atomic E-state index is 0.0777. The van der Waals surface area contributed by atoms with Gasteiger partial charge < -0.3 is 9.84 Å². The highest BCUT2D eigenvalue weighted by Crippen LogP contribution is 2.12. The molecule has 0 radical (unpaired) electrons. The van der Waals surface area contributed by atoms with Crippen LogP contribution in [0, 0.1) is 0 Å². The molecule has 1 N–H and O–H groups in total. The zero-order valence-electron chi connectivity index (χ0n) is 10.4. The van der Waals surface area contributed by atoms with Gasteiger partial charge in [0.1, 0.15) is 5.75 Å². The van der Waals surface area contributed by atoms with Crippen molar-refractivity contribution in [1.29, 1.82) is 0 Å². The second kappa shape index (κ2) is 6.82. The number of aryl methyl sites for hydroxylation is 1. The predicted octanol–water partition coefficient (Wildman–Crippen LogP) is 3.19. The maximum atomic E-state index is 8.93. The summed E-state index contributed by atoms with van der Waals surface area (Å²) in [5, 5.41) is 8.93. The number of hydrogen-bond acceptors (Lipinski definition) is 2. The van der Waals surface area contributed by atoms with Crippen LogP contribution < -0.4 is 4.74 Å². The standard InChI is InChI=1S/C16H18O2/c17-13-15-8-10-16(11-9-15)18-12-4-7-14-5-2-1-3-6-14/h1-3,5-6,8-11,17H,4,7,12-13H2. The van der Waals surface area contributed by atoms with Gasteiger partial charge in [-0.25, -0.2) is 0 Å². The Morgan fingerprint density at radius 3 is 2.22 bits per heavy atom. The first-order chi connectivity index (χ1) is 8.88. The molecule has 0 fully saturated rings. The summed E-state index contributed by atoms with van der Waals surface area (Å²) in [6, 6.07) is 18.0. The molecule has 2 aromatic carbocycles. The molecule has 0 amide bonds. The molecule has 0 aliphatic carbocycles. The molecule has 0 atom stereocenters. The molecule has 0 heterocycles. The summed E-state index contributed by atoms with van der Waals surface area (Å²) in [5.41, 5.74) is 2.25. The van der Waals surface area contributed by atoms with Gasteiger partial charge >= 0.3 is 0 Å². The van der Waals surface area contributed by atoms with Crippen LogP contribution in [0.25, 0.3) is 0 Å². The summed E-state index contributed by atoms with van der Waals surface area (Å²) in [4.78, 5) is 0. The van der Waals surface area contributed by atoms with E-state index in [2.05, 4.69) is 24.3 Å². The van der Waals surface area contributed by atoms with E-state index in [-0.39, 0.29) is 6.61 Å². The van der Waals surface area contributed by atoms with Crippen LogP contribution in [0.1, 0.15) is 17.5 Å². The molecule has 0 aromatic heterocycles. The normalized spacial score (nSPS) is 10.3. The molecule has 0 saturated carbocycles. The Hall–Kier alpha value is -1.80. The summed E-state index contributed by atoms with van der Waals surface area (Å²) in [7, 11) is 0. The molecule has 18 heavy (non-hydrogen) atoms. The van der Waals surface area contributed by atoms with E-state index in [0.717, 1.165) is 24.2 Å². The lowest BCUT2D eigenvalue weighted by Gasteiger charge is -2.06. The number of aliphatic hydroxyl groups is 1. The number of benzene rings is 2. The SMILES string of the molecule is OCc1ccc(OCCCc2ccccc2)cc1. The third-order valence-corrected chi connectivity index (χ3v) is 2.83. The largest absolute Gasteiger partial charge is 0.494 e. The number of rotatable bonds is 6. The summed E-state index contributed by atoms with van der Waals surface area (Å²) < 4.78 is 5.65. The minimum atomic E-state index is 0.0777. The molecule has 2 nitrogen and oxygen atoms in total. The van der Waals surface area contributed by atoms with Crippen LogP contribution in [0.4, 0.5) is 0 Å². The summed E-state index contributed by atoms with van der Waals surface area (Å²) in [6.07, 6.45) is 2.04. The van der Waals surface area contributed by atoms with Crippen LogP contribution in [-0.2, 0) is 13.0 Å². The maximum Gasteiger partial charge on any atom is 0.119 e. The highest BCUT2D eigenvalue weighted by Gasteiger charge is 1.96. The first-order valence-corrected chi connectivity index (χ1v) is 6.25. The van der Waals surface area contributed by atoms with E-state index < -0.39 is 0 Å². The van der Waals surface area contributed by atoms with Crippen molar-refractivity contribution in [2.45, 2.75) is 19.4 Å². The molecular formula is C16H18O2. The van der Waals surface area contributed by atoms with E-state index in [1.165, 1.54) is 5.56 Å². The van der Waals surface area contributed by atoms with E-state index in [9.17, 15) is 0 Å². The van der Waals surface area contributed by atoms with Crippen molar-refractivity contribution in [3.63, 3.8) is 0 Å². The van der Waals surface area contributed by atoms with E-state index >= 15 is 0 Å². The van der Waals surface area contributed by atoms with Gasteiger partial charge in [-0.2, -0.15) is 0 Å². The van der Waals surface area contributed by atoms with Crippen molar-refractivity contribution < 1.29 is 9.84 Å². The van der Waals surface area contributed by atoms with Crippen LogP contribution in [0.15, 0.2) is 54.6 Å². The van der Waals surface area contributed by atoms with Gasteiger partial charge in [0.25, 0.3) is 0 Å². The Labute approximate surface area is 108 Å². The van der Waals surface area contributed by atoms with Crippen molar-refractivity contribution >= 4 is 0 Å². The number of aliphatic hydroxyl groups excluding tert-OH is 1. The molecule has 0 aliphatic rings. The van der Waals surface area contributed by atoms with Crippen molar-refractivity contribution in [2.75, 3.05) is 6.61 Å². The number of hydrogen-bond donors (Lipinski definition) is 1. The van der Waals surface area contributed by atoms with Crippen LogP contribution in [0.5, 0.6) is 5.75 Å². The van der Waals surface area contributed by atoms with Crippen LogP contribution >= 0.6 is 0 Å². The van der Waals surface area contributed by atoms with Gasteiger partial charge in [-0.1, -0.05) is 42.5 Å². The van der Waals surface area contributed by atoms with E-state index in [4.69, 9.17) is 9.84 Å². The molecule has 0 aliphatic heterocycles. The molecule has 0 bridgehead atoms. The molecular weight excluding hydrogens is 224 g/mol. The highest BCUT2D eigenvalue weighted by molar-refractivity contribution is 5.26. The van der Waals surface area contributed by atoms with Gasteiger partial charge in [0.05, 0.1) is 13.2 Å².